The number of carbonyl (C=O) groups is 1. The van der Waals surface area contributed by atoms with Gasteiger partial charge in [0.2, 0.25) is 5.88 Å². The molecule has 0 saturated heterocycles. The van der Waals surface area contributed by atoms with Crippen LogP contribution in [-0.2, 0) is 0 Å². The Bertz CT molecular complexity index is 431. The number of hydrogen-bond donors (Lipinski definition) is 1. The maximum atomic E-state index is 12.1. The van der Waals surface area contributed by atoms with Crippen LogP contribution in [0.25, 0.3) is 0 Å². The van der Waals surface area contributed by atoms with Crippen LogP contribution >= 0.6 is 11.6 Å². The highest BCUT2D eigenvalue weighted by Crippen LogP contribution is 2.27. The SMILES string of the molecule is COc1ncccc1C(=O)NCC1CCC(Cl)CC1. The van der Waals surface area contributed by atoms with Crippen molar-refractivity contribution in [1.29, 1.82) is 0 Å². The number of nitrogens with zero attached hydrogens (tertiary/aromatic N) is 1. The summed E-state index contributed by atoms with van der Waals surface area (Å²) < 4.78 is 5.08. The number of aromatic nitrogens is 1. The second-order valence-corrected chi connectivity index (χ2v) is 5.51. The van der Waals surface area contributed by atoms with E-state index in [2.05, 4.69) is 10.3 Å². The van der Waals surface area contributed by atoms with Gasteiger partial charge in [-0.15, -0.1) is 11.6 Å². The van der Waals surface area contributed by atoms with Crippen molar-refractivity contribution in [1.82, 2.24) is 10.3 Å². The minimum atomic E-state index is -0.127. The molecule has 1 aromatic rings. The first-order valence-corrected chi connectivity index (χ1v) is 7.05. The molecule has 1 saturated carbocycles. The van der Waals surface area contributed by atoms with Crippen LogP contribution in [-0.4, -0.2) is 29.9 Å². The van der Waals surface area contributed by atoms with E-state index in [1.54, 1.807) is 18.3 Å². The summed E-state index contributed by atoms with van der Waals surface area (Å²) >= 11 is 6.07. The maximum Gasteiger partial charge on any atom is 0.256 e. The van der Waals surface area contributed by atoms with E-state index in [9.17, 15) is 4.79 Å². The molecule has 104 valence electrons. The molecule has 1 heterocycles. The second kappa shape index (κ2) is 6.75. The number of pyridine rings is 1. The van der Waals surface area contributed by atoms with E-state index in [1.807, 2.05) is 0 Å². The Morgan fingerprint density at radius 2 is 2.21 bits per heavy atom. The minimum absolute atomic E-state index is 0.127. The number of rotatable bonds is 4. The molecule has 1 amide bonds. The van der Waals surface area contributed by atoms with E-state index in [0.29, 0.717) is 29.3 Å². The van der Waals surface area contributed by atoms with Gasteiger partial charge in [0.15, 0.2) is 0 Å². The van der Waals surface area contributed by atoms with E-state index in [0.717, 1.165) is 25.7 Å². The lowest BCUT2D eigenvalue weighted by Gasteiger charge is -2.25. The molecular formula is C14H19ClN2O2. The summed E-state index contributed by atoms with van der Waals surface area (Å²) in [5.41, 5.74) is 0.482. The molecule has 0 radical (unpaired) electrons. The Hall–Kier alpha value is -1.29. The van der Waals surface area contributed by atoms with Gasteiger partial charge in [-0.2, -0.15) is 0 Å². The lowest BCUT2D eigenvalue weighted by molar-refractivity contribution is 0.0940. The van der Waals surface area contributed by atoms with Crippen LogP contribution in [0.1, 0.15) is 36.0 Å². The standard InChI is InChI=1S/C14H19ClN2O2/c1-19-14-12(3-2-8-16-14)13(18)17-9-10-4-6-11(15)7-5-10/h2-3,8,10-11H,4-7,9H2,1H3,(H,17,18). The van der Waals surface area contributed by atoms with E-state index in [4.69, 9.17) is 16.3 Å². The predicted molar refractivity (Wildman–Crippen MR) is 74.7 cm³/mol. The van der Waals surface area contributed by atoms with Crippen LogP contribution in [0.5, 0.6) is 5.88 Å². The number of amides is 1. The first-order valence-electron chi connectivity index (χ1n) is 6.62. The molecule has 0 spiro atoms. The maximum absolute atomic E-state index is 12.1. The quantitative estimate of drug-likeness (QED) is 0.864. The van der Waals surface area contributed by atoms with Crippen molar-refractivity contribution < 1.29 is 9.53 Å². The number of alkyl halides is 1. The fourth-order valence-corrected chi connectivity index (χ4v) is 2.64. The highest BCUT2D eigenvalue weighted by atomic mass is 35.5. The van der Waals surface area contributed by atoms with Gasteiger partial charge in [-0.05, 0) is 43.7 Å². The lowest BCUT2D eigenvalue weighted by atomic mass is 9.89. The molecule has 5 heteroatoms. The molecule has 1 aromatic heterocycles. The summed E-state index contributed by atoms with van der Waals surface area (Å²) in [5.74, 6) is 0.768. The van der Waals surface area contributed by atoms with Crippen LogP contribution in [0.4, 0.5) is 0 Å². The highest BCUT2D eigenvalue weighted by molar-refractivity contribution is 6.20. The third-order valence-electron chi connectivity index (χ3n) is 3.54. The number of nitrogens with one attached hydrogen (secondary N) is 1. The summed E-state index contributed by atoms with van der Waals surface area (Å²) in [4.78, 5) is 16.1. The Balaban J connectivity index is 1.87. The first-order chi connectivity index (χ1) is 9.20. The van der Waals surface area contributed by atoms with Crippen molar-refractivity contribution in [2.24, 2.45) is 5.92 Å². The van der Waals surface area contributed by atoms with Crippen LogP contribution in [0.2, 0.25) is 0 Å². The average Bonchev–Trinajstić information content (AvgIpc) is 2.46. The normalized spacial score (nSPS) is 22.8. The number of halogens is 1. The molecule has 4 nitrogen and oxygen atoms in total. The fourth-order valence-electron chi connectivity index (χ4n) is 2.38. The number of hydrogen-bond acceptors (Lipinski definition) is 3. The molecule has 2 rings (SSSR count). The van der Waals surface area contributed by atoms with Gasteiger partial charge >= 0.3 is 0 Å². The van der Waals surface area contributed by atoms with Crippen molar-refractivity contribution in [3.8, 4) is 5.88 Å². The Morgan fingerprint density at radius 1 is 1.47 bits per heavy atom. The van der Waals surface area contributed by atoms with Crippen molar-refractivity contribution in [3.63, 3.8) is 0 Å². The second-order valence-electron chi connectivity index (χ2n) is 4.89. The third kappa shape index (κ3) is 3.83. The van der Waals surface area contributed by atoms with Gasteiger partial charge in [0.1, 0.15) is 5.56 Å². The van der Waals surface area contributed by atoms with Gasteiger partial charge in [-0.1, -0.05) is 0 Å². The Morgan fingerprint density at radius 3 is 2.89 bits per heavy atom. The molecule has 0 aliphatic heterocycles. The van der Waals surface area contributed by atoms with Gasteiger partial charge in [0.25, 0.3) is 5.91 Å². The van der Waals surface area contributed by atoms with Gasteiger partial charge in [0.05, 0.1) is 7.11 Å². The van der Waals surface area contributed by atoms with Crippen molar-refractivity contribution in [2.75, 3.05) is 13.7 Å². The average molecular weight is 283 g/mol. The van der Waals surface area contributed by atoms with Crippen LogP contribution in [0.15, 0.2) is 18.3 Å². The fraction of sp³-hybridized carbons (Fsp3) is 0.571. The van der Waals surface area contributed by atoms with Gasteiger partial charge in [-0.25, -0.2) is 4.98 Å². The molecule has 0 bridgehead atoms. The summed E-state index contributed by atoms with van der Waals surface area (Å²) in [5, 5.41) is 3.27. The Labute approximate surface area is 118 Å². The number of ether oxygens (including phenoxy) is 1. The van der Waals surface area contributed by atoms with Crippen molar-refractivity contribution >= 4 is 17.5 Å². The summed E-state index contributed by atoms with van der Waals surface area (Å²) in [6, 6.07) is 3.45. The first kappa shape index (κ1) is 14.1. The van der Waals surface area contributed by atoms with E-state index >= 15 is 0 Å². The number of carbonyl (C=O) groups excluding carboxylic acids is 1. The monoisotopic (exact) mass is 282 g/mol. The lowest BCUT2D eigenvalue weighted by Crippen LogP contribution is -2.31. The predicted octanol–water partition coefficient (Wildman–Crippen LogP) is 2.62. The van der Waals surface area contributed by atoms with Gasteiger partial charge < -0.3 is 10.1 Å². The minimum Gasteiger partial charge on any atom is -0.480 e. The molecule has 1 aliphatic rings. The zero-order valence-electron chi connectivity index (χ0n) is 11.1. The smallest absolute Gasteiger partial charge is 0.256 e. The molecular weight excluding hydrogens is 264 g/mol. The Kier molecular flexibility index (Phi) is 5.02. The van der Waals surface area contributed by atoms with Crippen LogP contribution in [0, 0.1) is 5.92 Å². The summed E-state index contributed by atoms with van der Waals surface area (Å²) in [6.45, 7) is 0.695. The third-order valence-corrected chi connectivity index (χ3v) is 3.97. The van der Waals surface area contributed by atoms with Crippen LogP contribution in [0.3, 0.4) is 0 Å². The zero-order chi connectivity index (χ0) is 13.7. The molecule has 0 aromatic carbocycles. The van der Waals surface area contributed by atoms with E-state index in [-0.39, 0.29) is 5.91 Å². The number of methoxy groups -OCH3 is 1. The van der Waals surface area contributed by atoms with Crippen molar-refractivity contribution in [3.05, 3.63) is 23.9 Å². The topological polar surface area (TPSA) is 51.2 Å². The molecule has 0 unspecified atom stereocenters. The molecule has 19 heavy (non-hydrogen) atoms. The van der Waals surface area contributed by atoms with Crippen molar-refractivity contribution in [2.45, 2.75) is 31.1 Å². The zero-order valence-corrected chi connectivity index (χ0v) is 11.8. The van der Waals surface area contributed by atoms with Gasteiger partial charge in [-0.3, -0.25) is 4.79 Å². The van der Waals surface area contributed by atoms with Crippen LogP contribution < -0.4 is 10.1 Å². The summed E-state index contributed by atoms with van der Waals surface area (Å²) in [6.07, 6.45) is 5.85. The molecule has 0 atom stereocenters. The molecule has 1 N–H and O–H groups in total. The summed E-state index contributed by atoms with van der Waals surface area (Å²) in [7, 11) is 1.51. The van der Waals surface area contributed by atoms with E-state index < -0.39 is 0 Å². The molecule has 1 aliphatic carbocycles. The van der Waals surface area contributed by atoms with E-state index in [1.165, 1.54) is 7.11 Å². The molecule has 1 fully saturated rings. The van der Waals surface area contributed by atoms with Gasteiger partial charge in [0, 0.05) is 18.1 Å². The highest BCUT2D eigenvalue weighted by Gasteiger charge is 2.20. The largest absolute Gasteiger partial charge is 0.480 e.